The first kappa shape index (κ1) is 17.4. The quantitative estimate of drug-likeness (QED) is 0.349. The summed E-state index contributed by atoms with van der Waals surface area (Å²) in [6.07, 6.45) is 10.2. The molecule has 5 aromatic rings. The number of rotatable bonds is 6. The maximum absolute atomic E-state index is 14.1. The van der Waals surface area contributed by atoms with Crippen LogP contribution >= 0.6 is 0 Å². The lowest BCUT2D eigenvalue weighted by Crippen LogP contribution is -2.24. The Balaban J connectivity index is 1.46. The Morgan fingerprint density at radius 2 is 2.00 bits per heavy atom. The number of carbonyl (C=O) groups excluding carboxylic acids is 1. The third-order valence-corrected chi connectivity index (χ3v) is 7.00. The Labute approximate surface area is 205 Å². The van der Waals surface area contributed by atoms with E-state index in [1.807, 2.05) is 16.7 Å². The van der Waals surface area contributed by atoms with Crippen LogP contribution in [0.2, 0.25) is 0 Å². The molecule has 35 heavy (non-hydrogen) atoms. The molecule has 0 N–H and O–H groups in total. The molecule has 4 heterocycles. The van der Waals surface area contributed by atoms with Gasteiger partial charge in [-0.25, -0.2) is 0 Å². The summed E-state index contributed by atoms with van der Waals surface area (Å²) in [5.74, 6) is 1.01. The molecular weight excluding hydrogens is 440 g/mol. The standard InChI is InChI=1S/C27H24N6O2/c1-31-13-19-10-21(7-9-23(19)29-31)33-27(35)24(18-6-8-22(28-11-18)17-4-5-17)26-25(30-33)20(15-34)14-32(26)12-16-2-3-16/h6-11,13-17H,2-5,12H2,1H3/i1D3. The Kier molecular flexibility index (Phi) is 3.71. The van der Waals surface area contributed by atoms with Crippen molar-refractivity contribution in [3.63, 3.8) is 0 Å². The van der Waals surface area contributed by atoms with Crippen LogP contribution in [0.1, 0.15) is 51.8 Å². The normalized spacial score (nSPS) is 17.4. The van der Waals surface area contributed by atoms with Gasteiger partial charge in [0.25, 0.3) is 5.56 Å². The third-order valence-electron chi connectivity index (χ3n) is 7.00. The first-order valence-corrected chi connectivity index (χ1v) is 11.9. The zero-order valence-electron chi connectivity index (χ0n) is 21.9. The van der Waals surface area contributed by atoms with E-state index < -0.39 is 6.98 Å². The van der Waals surface area contributed by atoms with Gasteiger partial charge in [0.05, 0.1) is 27.8 Å². The molecule has 8 nitrogen and oxygen atoms in total. The summed E-state index contributed by atoms with van der Waals surface area (Å²) in [5, 5.41) is 9.36. The van der Waals surface area contributed by atoms with Gasteiger partial charge in [0.1, 0.15) is 5.52 Å². The van der Waals surface area contributed by atoms with Gasteiger partial charge in [-0.1, -0.05) is 6.07 Å². The average molecular weight is 468 g/mol. The van der Waals surface area contributed by atoms with E-state index in [2.05, 4.69) is 15.2 Å². The number of aldehydes is 1. The molecular formula is C27H24N6O2. The van der Waals surface area contributed by atoms with Crippen LogP contribution in [-0.2, 0) is 13.5 Å². The zero-order valence-corrected chi connectivity index (χ0v) is 18.9. The van der Waals surface area contributed by atoms with Crippen LogP contribution < -0.4 is 5.56 Å². The molecule has 4 aromatic heterocycles. The van der Waals surface area contributed by atoms with E-state index in [4.69, 9.17) is 4.11 Å². The maximum Gasteiger partial charge on any atom is 0.281 e. The van der Waals surface area contributed by atoms with Crippen LogP contribution in [0.15, 0.2) is 53.7 Å². The number of hydrogen-bond acceptors (Lipinski definition) is 5. The summed E-state index contributed by atoms with van der Waals surface area (Å²) >= 11 is 0. The Morgan fingerprint density at radius 3 is 2.71 bits per heavy atom. The number of nitrogens with zero attached hydrogens (tertiary/aromatic N) is 6. The van der Waals surface area contributed by atoms with Crippen LogP contribution in [0.3, 0.4) is 0 Å². The zero-order chi connectivity index (χ0) is 26.2. The number of fused-ring (bicyclic) bond motifs is 2. The fourth-order valence-electron chi connectivity index (χ4n) is 4.85. The number of pyridine rings is 1. The van der Waals surface area contributed by atoms with Gasteiger partial charge >= 0.3 is 0 Å². The monoisotopic (exact) mass is 467 g/mol. The molecule has 2 fully saturated rings. The van der Waals surface area contributed by atoms with Crippen LogP contribution in [0.25, 0.3) is 38.8 Å². The van der Waals surface area contributed by atoms with Crippen molar-refractivity contribution in [2.24, 2.45) is 12.9 Å². The molecule has 0 radical (unpaired) electrons. The van der Waals surface area contributed by atoms with E-state index in [-0.39, 0.29) is 5.56 Å². The van der Waals surface area contributed by atoms with E-state index in [1.165, 1.54) is 10.9 Å². The second kappa shape index (κ2) is 7.46. The van der Waals surface area contributed by atoms with Crippen LogP contribution in [-0.4, -0.2) is 35.4 Å². The smallest absolute Gasteiger partial charge is 0.281 e. The summed E-state index contributed by atoms with van der Waals surface area (Å²) in [6, 6.07) is 8.94. The highest BCUT2D eigenvalue weighted by atomic mass is 16.1. The predicted molar refractivity (Wildman–Crippen MR) is 133 cm³/mol. The molecule has 2 aliphatic carbocycles. The molecule has 174 valence electrons. The molecule has 8 heteroatoms. The van der Waals surface area contributed by atoms with Crippen molar-refractivity contribution in [1.82, 2.24) is 29.1 Å². The fourth-order valence-corrected chi connectivity index (χ4v) is 4.85. The first-order valence-electron chi connectivity index (χ1n) is 13.4. The van der Waals surface area contributed by atoms with Gasteiger partial charge < -0.3 is 4.57 Å². The lowest BCUT2D eigenvalue weighted by molar-refractivity contribution is 0.112. The van der Waals surface area contributed by atoms with Crippen LogP contribution in [0.4, 0.5) is 0 Å². The molecule has 0 atom stereocenters. The van der Waals surface area contributed by atoms with Crippen LogP contribution in [0, 0.1) is 5.92 Å². The van der Waals surface area contributed by atoms with Crippen molar-refractivity contribution in [1.29, 1.82) is 0 Å². The van der Waals surface area contributed by atoms with Gasteiger partial charge in [0, 0.05) is 58.8 Å². The summed E-state index contributed by atoms with van der Waals surface area (Å²) in [7, 11) is 0. The Bertz CT molecular complexity index is 1790. The number of aryl methyl sites for hydroxylation is 1. The van der Waals surface area contributed by atoms with Gasteiger partial charge in [-0.05, 0) is 55.9 Å². The topological polar surface area (TPSA) is 87.6 Å². The van der Waals surface area contributed by atoms with Crippen molar-refractivity contribution in [2.45, 2.75) is 38.1 Å². The minimum Gasteiger partial charge on any atom is -0.344 e. The predicted octanol–water partition coefficient (Wildman–Crippen LogP) is 4.24. The number of aromatic nitrogens is 6. The van der Waals surface area contributed by atoms with E-state index in [0.29, 0.717) is 56.1 Å². The summed E-state index contributed by atoms with van der Waals surface area (Å²) in [6.45, 7) is -1.69. The number of hydrogen-bond donors (Lipinski definition) is 0. The van der Waals surface area contributed by atoms with Gasteiger partial charge in [-0.3, -0.25) is 19.3 Å². The molecule has 0 aliphatic heterocycles. The molecule has 0 unspecified atom stereocenters. The van der Waals surface area contributed by atoms with Crippen molar-refractivity contribution in [3.8, 4) is 16.8 Å². The minimum absolute atomic E-state index is 0.339. The molecule has 0 bridgehead atoms. The largest absolute Gasteiger partial charge is 0.344 e. The van der Waals surface area contributed by atoms with Gasteiger partial charge in [0.2, 0.25) is 0 Å². The minimum atomic E-state index is -2.41. The molecule has 2 saturated carbocycles. The lowest BCUT2D eigenvalue weighted by atomic mass is 10.1. The molecule has 0 saturated heterocycles. The average Bonchev–Trinajstić information content (AvgIpc) is 3.83. The van der Waals surface area contributed by atoms with Gasteiger partial charge in [-0.15, -0.1) is 0 Å². The highest BCUT2D eigenvalue weighted by Gasteiger charge is 2.28. The van der Waals surface area contributed by atoms with E-state index in [1.54, 1.807) is 30.6 Å². The van der Waals surface area contributed by atoms with Gasteiger partial charge in [-0.2, -0.15) is 14.9 Å². The first-order chi connectivity index (χ1) is 18.3. The molecule has 2 aliphatic rings. The van der Waals surface area contributed by atoms with Crippen molar-refractivity contribution >= 4 is 28.2 Å². The third kappa shape index (κ3) is 3.39. The van der Waals surface area contributed by atoms with Crippen molar-refractivity contribution in [2.75, 3.05) is 0 Å². The molecule has 1 aromatic carbocycles. The Hall–Kier alpha value is -4.07. The molecule has 7 rings (SSSR count). The Morgan fingerprint density at radius 1 is 1.11 bits per heavy atom. The highest BCUT2D eigenvalue weighted by Crippen LogP contribution is 2.39. The van der Waals surface area contributed by atoms with Crippen molar-refractivity contribution in [3.05, 3.63) is 70.5 Å². The van der Waals surface area contributed by atoms with Gasteiger partial charge in [0.15, 0.2) is 6.29 Å². The van der Waals surface area contributed by atoms with Crippen LogP contribution in [0.5, 0.6) is 0 Å². The number of benzene rings is 1. The maximum atomic E-state index is 14.1. The molecule has 0 amide bonds. The summed E-state index contributed by atoms with van der Waals surface area (Å²) < 4.78 is 27.1. The SMILES string of the molecule is [2H]C([2H])([2H])n1cc2cc(-n3nc4c(C=O)cn(CC5CC5)c4c(-c4ccc(C5CC5)nc4)c3=O)ccc2n1. The summed E-state index contributed by atoms with van der Waals surface area (Å²) in [5.41, 5.74) is 4.23. The lowest BCUT2D eigenvalue weighted by Gasteiger charge is -2.13. The molecule has 0 spiro atoms. The number of carbonyl (C=O) groups is 1. The van der Waals surface area contributed by atoms with E-state index in [9.17, 15) is 9.59 Å². The van der Waals surface area contributed by atoms with Crippen molar-refractivity contribution < 1.29 is 8.91 Å². The second-order valence-corrected chi connectivity index (χ2v) is 9.65. The van der Waals surface area contributed by atoms with E-state index >= 15 is 0 Å². The summed E-state index contributed by atoms with van der Waals surface area (Å²) in [4.78, 5) is 30.9. The second-order valence-electron chi connectivity index (χ2n) is 9.65. The van der Waals surface area contributed by atoms with E-state index in [0.717, 1.165) is 48.9 Å². The highest BCUT2D eigenvalue weighted by molar-refractivity contribution is 6.01. The fraction of sp³-hybridized carbons (Fsp3) is 0.296.